The Hall–Kier alpha value is -1.14. The van der Waals surface area contributed by atoms with Crippen molar-refractivity contribution < 1.29 is 17.6 Å². The molecule has 0 aromatic carbocycles. The molecule has 0 radical (unpaired) electrons. The van der Waals surface area contributed by atoms with Gasteiger partial charge in [-0.25, -0.2) is 0 Å². The molecule has 1 nitrogen and oxygen atoms in total. The van der Waals surface area contributed by atoms with Gasteiger partial charge in [0, 0.05) is 23.9 Å². The van der Waals surface area contributed by atoms with Gasteiger partial charge in [0.05, 0.1) is 23.0 Å². The minimum absolute atomic E-state index is 0.0136. The van der Waals surface area contributed by atoms with Crippen molar-refractivity contribution in [2.75, 3.05) is 6.67 Å². The maximum Gasteiger partial charge on any atom is 0.417 e. The maximum absolute atomic E-state index is 12.5. The summed E-state index contributed by atoms with van der Waals surface area (Å²) in [6.45, 7) is -0.435. The van der Waals surface area contributed by atoms with E-state index in [9.17, 15) is 17.6 Å². The zero-order valence-corrected chi connectivity index (χ0v) is 11.7. The number of thiophene rings is 1. The molecule has 0 unspecified atom stereocenters. The normalized spacial score (nSPS) is 11.8. The van der Waals surface area contributed by atoms with Crippen molar-refractivity contribution in [3.63, 3.8) is 0 Å². The molecule has 108 valence electrons. The van der Waals surface area contributed by atoms with Gasteiger partial charge in [-0.05, 0) is 23.1 Å². The first-order valence-corrected chi connectivity index (χ1v) is 7.00. The van der Waals surface area contributed by atoms with Crippen LogP contribution in [-0.2, 0) is 19.0 Å². The quantitative estimate of drug-likeness (QED) is 0.728. The van der Waals surface area contributed by atoms with Crippen molar-refractivity contribution in [3.05, 3.63) is 50.4 Å². The van der Waals surface area contributed by atoms with E-state index >= 15 is 0 Å². The van der Waals surface area contributed by atoms with Crippen molar-refractivity contribution in [1.82, 2.24) is 4.98 Å². The molecule has 2 rings (SSSR count). The average molecular weight is 324 g/mol. The van der Waals surface area contributed by atoms with Crippen LogP contribution in [-0.4, -0.2) is 11.7 Å². The summed E-state index contributed by atoms with van der Waals surface area (Å²) in [6.07, 6.45) is -3.00. The predicted octanol–water partition coefficient (Wildman–Crippen LogP) is 4.92. The molecule has 0 amide bonds. The average Bonchev–Trinajstić information content (AvgIpc) is 2.78. The lowest BCUT2D eigenvalue weighted by molar-refractivity contribution is -0.137. The Morgan fingerprint density at radius 1 is 1.25 bits per heavy atom. The lowest BCUT2D eigenvalue weighted by Crippen LogP contribution is -2.06. The molecule has 0 spiro atoms. The molecule has 20 heavy (non-hydrogen) atoms. The zero-order chi connectivity index (χ0) is 14.8. The smallest absolute Gasteiger partial charge is 0.259 e. The lowest BCUT2D eigenvalue weighted by Gasteiger charge is -2.08. The molecule has 0 aliphatic carbocycles. The van der Waals surface area contributed by atoms with Crippen LogP contribution in [0.4, 0.5) is 17.6 Å². The van der Waals surface area contributed by atoms with Gasteiger partial charge >= 0.3 is 6.18 Å². The Morgan fingerprint density at radius 2 is 2.00 bits per heavy atom. The van der Waals surface area contributed by atoms with E-state index in [1.807, 2.05) is 11.4 Å². The van der Waals surface area contributed by atoms with E-state index in [0.717, 1.165) is 22.7 Å². The highest BCUT2D eigenvalue weighted by molar-refractivity contribution is 7.10. The fourth-order valence-corrected chi connectivity index (χ4v) is 2.84. The second-order valence-electron chi connectivity index (χ2n) is 4.19. The van der Waals surface area contributed by atoms with Crippen LogP contribution >= 0.6 is 22.9 Å². The lowest BCUT2D eigenvalue weighted by atomic mass is 10.1. The molecule has 2 aromatic heterocycles. The molecular weight excluding hydrogens is 314 g/mol. The van der Waals surface area contributed by atoms with Gasteiger partial charge in [-0.15, -0.1) is 11.3 Å². The first kappa shape index (κ1) is 15.3. The van der Waals surface area contributed by atoms with Gasteiger partial charge in [0.15, 0.2) is 0 Å². The van der Waals surface area contributed by atoms with Crippen LogP contribution in [0.2, 0.25) is 5.02 Å². The molecule has 0 atom stereocenters. The molecular formula is C13H10ClF4NS. The summed E-state index contributed by atoms with van der Waals surface area (Å²) >= 11 is 7.25. The predicted molar refractivity (Wildman–Crippen MR) is 71.1 cm³/mol. The first-order valence-electron chi connectivity index (χ1n) is 5.74. The molecule has 0 saturated carbocycles. The summed E-state index contributed by atoms with van der Waals surface area (Å²) in [5.41, 5.74) is 0.388. The van der Waals surface area contributed by atoms with Crippen LogP contribution in [0.15, 0.2) is 23.7 Å². The van der Waals surface area contributed by atoms with Gasteiger partial charge in [0.2, 0.25) is 0 Å². The monoisotopic (exact) mass is 323 g/mol. The van der Waals surface area contributed by atoms with E-state index in [2.05, 4.69) is 4.98 Å². The minimum atomic E-state index is -4.45. The summed E-state index contributed by atoms with van der Waals surface area (Å²) in [5.74, 6) is 0. The fraction of sp³-hybridized carbons (Fsp3) is 0.308. The van der Waals surface area contributed by atoms with Gasteiger partial charge < -0.3 is 0 Å². The van der Waals surface area contributed by atoms with E-state index in [1.54, 1.807) is 0 Å². The van der Waals surface area contributed by atoms with E-state index in [-0.39, 0.29) is 5.02 Å². The van der Waals surface area contributed by atoms with Crippen LogP contribution in [0, 0.1) is 0 Å². The Bertz CT molecular complexity index is 594. The first-order chi connectivity index (χ1) is 9.40. The number of aryl methyl sites for hydroxylation is 1. The highest BCUT2D eigenvalue weighted by atomic mass is 35.5. The molecule has 0 aliphatic heterocycles. The summed E-state index contributed by atoms with van der Waals surface area (Å²) in [4.78, 5) is 4.67. The Balaban J connectivity index is 2.17. The second-order valence-corrected chi connectivity index (χ2v) is 5.59. The summed E-state index contributed by atoms with van der Waals surface area (Å²) in [5, 5.41) is 1.81. The molecule has 0 bridgehead atoms. The number of halogens is 5. The highest BCUT2D eigenvalue weighted by Gasteiger charge is 2.31. The van der Waals surface area contributed by atoms with Crippen molar-refractivity contribution in [2.45, 2.75) is 19.0 Å². The SMILES string of the molecule is FCCc1csc(Cc2ncc(C(F)(F)F)cc2Cl)c1. The molecule has 0 saturated heterocycles. The fourth-order valence-electron chi connectivity index (χ4n) is 1.68. The number of rotatable bonds is 4. The Kier molecular flexibility index (Phi) is 4.65. The number of hydrogen-bond acceptors (Lipinski definition) is 2. The van der Waals surface area contributed by atoms with E-state index in [0.29, 0.717) is 18.5 Å². The van der Waals surface area contributed by atoms with Gasteiger partial charge in [0.1, 0.15) is 0 Å². The Morgan fingerprint density at radius 3 is 2.60 bits per heavy atom. The van der Waals surface area contributed by atoms with Crippen LogP contribution in [0.5, 0.6) is 0 Å². The van der Waals surface area contributed by atoms with Crippen molar-refractivity contribution in [3.8, 4) is 0 Å². The second kappa shape index (κ2) is 6.10. The number of alkyl halides is 4. The van der Waals surface area contributed by atoms with Crippen molar-refractivity contribution >= 4 is 22.9 Å². The molecule has 0 N–H and O–H groups in total. The van der Waals surface area contributed by atoms with Gasteiger partial charge in [-0.2, -0.15) is 13.2 Å². The van der Waals surface area contributed by atoms with Gasteiger partial charge in [0.25, 0.3) is 0 Å². The van der Waals surface area contributed by atoms with Gasteiger partial charge in [-0.3, -0.25) is 9.37 Å². The van der Waals surface area contributed by atoms with E-state index in [4.69, 9.17) is 11.6 Å². The molecule has 0 fully saturated rings. The number of aromatic nitrogens is 1. The van der Waals surface area contributed by atoms with E-state index < -0.39 is 18.4 Å². The third-order valence-corrected chi connectivity index (χ3v) is 3.99. The van der Waals surface area contributed by atoms with Crippen LogP contribution in [0.1, 0.15) is 21.7 Å². The standard InChI is InChI=1S/C13H10ClF4NS/c14-11-4-9(13(16,17)18)6-19-12(11)5-10-3-8(1-2-15)7-20-10/h3-4,6-7H,1-2,5H2. The van der Waals surface area contributed by atoms with Crippen molar-refractivity contribution in [2.24, 2.45) is 0 Å². The number of pyridine rings is 1. The van der Waals surface area contributed by atoms with Crippen molar-refractivity contribution in [1.29, 1.82) is 0 Å². The highest BCUT2D eigenvalue weighted by Crippen LogP contribution is 2.32. The number of nitrogens with zero attached hydrogens (tertiary/aromatic N) is 1. The summed E-state index contributed by atoms with van der Waals surface area (Å²) in [6, 6.07) is 2.69. The zero-order valence-electron chi connectivity index (χ0n) is 10.2. The summed E-state index contributed by atoms with van der Waals surface area (Å²) in [7, 11) is 0. The summed E-state index contributed by atoms with van der Waals surface area (Å²) < 4.78 is 49.6. The third kappa shape index (κ3) is 3.70. The third-order valence-electron chi connectivity index (χ3n) is 2.68. The molecule has 2 aromatic rings. The van der Waals surface area contributed by atoms with Crippen LogP contribution in [0.3, 0.4) is 0 Å². The van der Waals surface area contributed by atoms with Crippen LogP contribution < -0.4 is 0 Å². The topological polar surface area (TPSA) is 12.9 Å². The molecule has 7 heteroatoms. The van der Waals surface area contributed by atoms with Crippen LogP contribution in [0.25, 0.3) is 0 Å². The molecule has 2 heterocycles. The molecule has 0 aliphatic rings. The maximum atomic E-state index is 12.5. The minimum Gasteiger partial charge on any atom is -0.259 e. The van der Waals surface area contributed by atoms with E-state index in [1.165, 1.54) is 11.3 Å². The largest absolute Gasteiger partial charge is 0.417 e. The Labute approximate surface area is 122 Å². The number of hydrogen-bond donors (Lipinski definition) is 0. The van der Waals surface area contributed by atoms with Gasteiger partial charge in [-0.1, -0.05) is 11.6 Å².